The Morgan fingerprint density at radius 3 is 2.96 bits per heavy atom. The van der Waals surface area contributed by atoms with Crippen LogP contribution in [0, 0.1) is 5.92 Å². The lowest BCUT2D eigenvalue weighted by Crippen LogP contribution is -2.15. The maximum Gasteiger partial charge on any atom is 0.224 e. The zero-order valence-electron chi connectivity index (χ0n) is 13.4. The van der Waals surface area contributed by atoms with Crippen LogP contribution in [-0.2, 0) is 4.79 Å². The van der Waals surface area contributed by atoms with Crippen LogP contribution in [0.4, 0.5) is 5.69 Å². The fourth-order valence-corrected chi connectivity index (χ4v) is 3.33. The first kappa shape index (κ1) is 14.8. The molecule has 0 bridgehead atoms. The molecule has 4 rings (SSSR count). The number of benzene rings is 1. The average Bonchev–Trinajstić information content (AvgIpc) is 3.25. The summed E-state index contributed by atoms with van der Waals surface area (Å²) in [5, 5.41) is 15.3. The second-order valence-electron chi connectivity index (χ2n) is 6.34. The van der Waals surface area contributed by atoms with E-state index >= 15 is 0 Å². The summed E-state index contributed by atoms with van der Waals surface area (Å²) in [5.74, 6) is 0.646. The summed E-state index contributed by atoms with van der Waals surface area (Å²) in [6.07, 6.45) is 7.06. The minimum atomic E-state index is 0.0984. The van der Waals surface area contributed by atoms with Crippen LogP contribution >= 0.6 is 0 Å². The van der Waals surface area contributed by atoms with Gasteiger partial charge in [0, 0.05) is 17.7 Å². The normalized spacial score (nSPS) is 15.0. The number of hydrogen-bond donors (Lipinski definition) is 1. The van der Waals surface area contributed by atoms with Gasteiger partial charge in [-0.1, -0.05) is 25.0 Å². The van der Waals surface area contributed by atoms with Gasteiger partial charge in [-0.2, -0.15) is 9.61 Å². The van der Waals surface area contributed by atoms with Crippen LogP contribution in [0.15, 0.2) is 42.7 Å². The molecule has 2 aromatic heterocycles. The van der Waals surface area contributed by atoms with Crippen molar-refractivity contribution in [1.82, 2.24) is 19.8 Å². The lowest BCUT2D eigenvalue weighted by molar-refractivity contribution is -0.117. The van der Waals surface area contributed by atoms with Crippen molar-refractivity contribution in [3.05, 3.63) is 42.7 Å². The van der Waals surface area contributed by atoms with Crippen LogP contribution in [0.5, 0.6) is 0 Å². The highest BCUT2D eigenvalue weighted by Crippen LogP contribution is 2.28. The predicted octanol–water partition coefficient (Wildman–Crippen LogP) is 3.31. The van der Waals surface area contributed by atoms with Gasteiger partial charge in [-0.3, -0.25) is 4.79 Å². The Bertz CT molecular complexity index is 866. The Labute approximate surface area is 139 Å². The Balaban J connectivity index is 1.51. The van der Waals surface area contributed by atoms with Crippen molar-refractivity contribution in [1.29, 1.82) is 0 Å². The molecule has 0 saturated heterocycles. The van der Waals surface area contributed by atoms with Gasteiger partial charge in [0.05, 0.1) is 5.69 Å². The molecular formula is C18H19N5O. The third-order valence-corrected chi connectivity index (χ3v) is 4.55. The summed E-state index contributed by atoms with van der Waals surface area (Å²) in [6.45, 7) is 0. The van der Waals surface area contributed by atoms with Gasteiger partial charge in [0.2, 0.25) is 5.91 Å². The molecule has 122 valence electrons. The molecule has 6 nitrogen and oxygen atoms in total. The van der Waals surface area contributed by atoms with Crippen molar-refractivity contribution >= 4 is 17.2 Å². The van der Waals surface area contributed by atoms with E-state index in [9.17, 15) is 4.79 Å². The van der Waals surface area contributed by atoms with E-state index in [1.165, 1.54) is 25.7 Å². The lowest BCUT2D eigenvalue weighted by Gasteiger charge is -2.10. The molecule has 0 spiro atoms. The van der Waals surface area contributed by atoms with Gasteiger partial charge in [-0.25, -0.2) is 0 Å². The number of anilines is 1. The smallest absolute Gasteiger partial charge is 0.224 e. The Morgan fingerprint density at radius 1 is 1.21 bits per heavy atom. The Kier molecular flexibility index (Phi) is 3.94. The monoisotopic (exact) mass is 321 g/mol. The van der Waals surface area contributed by atoms with Crippen LogP contribution < -0.4 is 5.32 Å². The van der Waals surface area contributed by atoms with E-state index in [0.717, 1.165) is 16.9 Å². The molecule has 1 saturated carbocycles. The van der Waals surface area contributed by atoms with Crippen LogP contribution in [0.3, 0.4) is 0 Å². The van der Waals surface area contributed by atoms with Crippen molar-refractivity contribution in [2.24, 2.45) is 5.92 Å². The van der Waals surface area contributed by atoms with Gasteiger partial charge < -0.3 is 5.32 Å². The first-order chi connectivity index (χ1) is 11.8. The van der Waals surface area contributed by atoms with E-state index in [4.69, 9.17) is 0 Å². The van der Waals surface area contributed by atoms with Gasteiger partial charge in [0.25, 0.3) is 0 Å². The zero-order valence-corrected chi connectivity index (χ0v) is 13.4. The summed E-state index contributed by atoms with van der Waals surface area (Å²) >= 11 is 0. The van der Waals surface area contributed by atoms with E-state index in [2.05, 4.69) is 20.6 Å². The van der Waals surface area contributed by atoms with Crippen molar-refractivity contribution < 1.29 is 4.79 Å². The molecule has 1 aliphatic carbocycles. The predicted molar refractivity (Wildman–Crippen MR) is 91.4 cm³/mol. The molecule has 3 aromatic rings. The van der Waals surface area contributed by atoms with Crippen LogP contribution in [0.25, 0.3) is 16.9 Å². The molecule has 2 heterocycles. The molecule has 1 amide bonds. The maximum absolute atomic E-state index is 12.2. The van der Waals surface area contributed by atoms with Gasteiger partial charge in [0.1, 0.15) is 6.33 Å². The van der Waals surface area contributed by atoms with Gasteiger partial charge in [-0.15, -0.1) is 10.2 Å². The summed E-state index contributed by atoms with van der Waals surface area (Å²) in [4.78, 5) is 12.2. The summed E-state index contributed by atoms with van der Waals surface area (Å²) < 4.78 is 1.64. The Hall–Kier alpha value is -2.76. The van der Waals surface area contributed by atoms with E-state index < -0.39 is 0 Å². The van der Waals surface area contributed by atoms with Crippen LogP contribution in [0.1, 0.15) is 32.1 Å². The van der Waals surface area contributed by atoms with Crippen molar-refractivity contribution in [3.63, 3.8) is 0 Å². The number of aromatic nitrogens is 4. The molecule has 6 heteroatoms. The second kappa shape index (κ2) is 6.39. The van der Waals surface area contributed by atoms with E-state index in [1.54, 1.807) is 10.8 Å². The molecule has 0 atom stereocenters. The fourth-order valence-electron chi connectivity index (χ4n) is 3.33. The number of nitrogens with zero attached hydrogens (tertiary/aromatic N) is 4. The topological polar surface area (TPSA) is 72.2 Å². The molecule has 1 fully saturated rings. The summed E-state index contributed by atoms with van der Waals surface area (Å²) in [7, 11) is 0. The molecule has 1 aliphatic rings. The standard InChI is InChI=1S/C18H19N5O/c24-18(10-13-4-1-2-5-13)20-15-7-3-6-14(11-15)16-8-9-17-21-19-12-23(17)22-16/h3,6-9,11-13H,1-2,4-5,10H2,(H,20,24). The van der Waals surface area contributed by atoms with Gasteiger partial charge in [-0.05, 0) is 43.0 Å². The van der Waals surface area contributed by atoms with Gasteiger partial charge in [0.15, 0.2) is 5.65 Å². The number of fused-ring (bicyclic) bond motifs is 1. The number of rotatable bonds is 4. The first-order valence-electron chi connectivity index (χ1n) is 8.35. The van der Waals surface area contributed by atoms with E-state index in [-0.39, 0.29) is 5.91 Å². The Morgan fingerprint density at radius 2 is 2.08 bits per heavy atom. The number of hydrogen-bond acceptors (Lipinski definition) is 4. The highest BCUT2D eigenvalue weighted by molar-refractivity contribution is 5.91. The van der Waals surface area contributed by atoms with Gasteiger partial charge >= 0.3 is 0 Å². The minimum Gasteiger partial charge on any atom is -0.326 e. The third kappa shape index (κ3) is 3.13. The van der Waals surface area contributed by atoms with Crippen molar-refractivity contribution in [2.45, 2.75) is 32.1 Å². The number of carbonyl (C=O) groups excluding carboxylic acids is 1. The highest BCUT2D eigenvalue weighted by atomic mass is 16.1. The molecule has 0 radical (unpaired) electrons. The minimum absolute atomic E-state index is 0.0984. The second-order valence-corrected chi connectivity index (χ2v) is 6.34. The first-order valence-corrected chi connectivity index (χ1v) is 8.35. The maximum atomic E-state index is 12.2. The highest BCUT2D eigenvalue weighted by Gasteiger charge is 2.18. The van der Waals surface area contributed by atoms with Crippen molar-refractivity contribution in [2.75, 3.05) is 5.32 Å². The summed E-state index contributed by atoms with van der Waals surface area (Å²) in [5.41, 5.74) is 3.28. The van der Waals surface area contributed by atoms with Crippen LogP contribution in [0.2, 0.25) is 0 Å². The van der Waals surface area contributed by atoms with E-state index in [0.29, 0.717) is 18.0 Å². The average molecular weight is 321 g/mol. The van der Waals surface area contributed by atoms with Crippen molar-refractivity contribution in [3.8, 4) is 11.3 Å². The molecular weight excluding hydrogens is 302 g/mol. The SMILES string of the molecule is O=C(CC1CCCC1)Nc1cccc(-c2ccc3nncn3n2)c1. The zero-order chi connectivity index (χ0) is 16.4. The fraction of sp³-hybridized carbons (Fsp3) is 0.333. The summed E-state index contributed by atoms with van der Waals surface area (Å²) in [6, 6.07) is 11.5. The molecule has 1 N–H and O–H groups in total. The van der Waals surface area contributed by atoms with E-state index in [1.807, 2.05) is 36.4 Å². The molecule has 1 aromatic carbocycles. The molecule has 0 aliphatic heterocycles. The molecule has 24 heavy (non-hydrogen) atoms. The van der Waals surface area contributed by atoms with Crippen LogP contribution in [-0.4, -0.2) is 25.7 Å². The molecule has 0 unspecified atom stereocenters. The quantitative estimate of drug-likeness (QED) is 0.800. The third-order valence-electron chi connectivity index (χ3n) is 4.55. The number of carbonyl (C=O) groups is 1. The number of nitrogens with one attached hydrogen (secondary N) is 1. The number of amides is 1. The lowest BCUT2D eigenvalue weighted by atomic mass is 10.0. The largest absolute Gasteiger partial charge is 0.326 e.